The maximum absolute atomic E-state index is 5.56. The zero-order valence-corrected chi connectivity index (χ0v) is 12.8. The highest BCUT2D eigenvalue weighted by Crippen LogP contribution is 2.27. The van der Waals surface area contributed by atoms with Crippen LogP contribution in [-0.4, -0.2) is 50.8 Å². The van der Waals surface area contributed by atoms with Crippen LogP contribution in [0.15, 0.2) is 22.8 Å². The lowest BCUT2D eigenvalue weighted by Gasteiger charge is -2.26. The number of morpholine rings is 1. The summed E-state index contributed by atoms with van der Waals surface area (Å²) >= 11 is 0. The van der Waals surface area contributed by atoms with Crippen LogP contribution in [0.2, 0.25) is 0 Å². The Labute approximate surface area is 122 Å². The van der Waals surface area contributed by atoms with E-state index in [0.717, 1.165) is 58.1 Å². The maximum Gasteiger partial charge on any atom is 0.107 e. The van der Waals surface area contributed by atoms with Gasteiger partial charge in [-0.3, -0.25) is 4.90 Å². The van der Waals surface area contributed by atoms with Crippen LogP contribution in [0.1, 0.15) is 31.9 Å². The first-order valence-corrected chi connectivity index (χ1v) is 7.81. The number of ether oxygens (including phenoxy) is 1. The Morgan fingerprint density at radius 3 is 2.70 bits per heavy atom. The smallest absolute Gasteiger partial charge is 0.107 e. The monoisotopic (exact) mass is 280 g/mol. The van der Waals surface area contributed by atoms with Crippen molar-refractivity contribution in [1.82, 2.24) is 10.2 Å². The number of hydrogen-bond donors (Lipinski definition) is 1. The highest BCUT2D eigenvalue weighted by atomic mass is 16.5. The van der Waals surface area contributed by atoms with Gasteiger partial charge < -0.3 is 14.5 Å². The summed E-state index contributed by atoms with van der Waals surface area (Å²) in [4.78, 5) is 2.46. The summed E-state index contributed by atoms with van der Waals surface area (Å²) in [6, 6.07) is 4.08. The summed E-state index contributed by atoms with van der Waals surface area (Å²) in [5, 5.41) is 3.56. The second-order valence-corrected chi connectivity index (χ2v) is 5.86. The molecule has 1 atom stereocenters. The van der Waals surface area contributed by atoms with E-state index in [1.807, 2.05) is 6.07 Å². The second-order valence-electron chi connectivity index (χ2n) is 5.86. The molecule has 2 rings (SSSR count). The molecule has 0 amide bonds. The zero-order valence-electron chi connectivity index (χ0n) is 12.8. The predicted molar refractivity (Wildman–Crippen MR) is 81.0 cm³/mol. The molecule has 1 aromatic rings. The van der Waals surface area contributed by atoms with Gasteiger partial charge in [-0.15, -0.1) is 0 Å². The first-order chi connectivity index (χ1) is 9.77. The summed E-state index contributed by atoms with van der Waals surface area (Å²) in [5.74, 6) is 2.25. The number of nitrogens with one attached hydrogen (secondary N) is 1. The van der Waals surface area contributed by atoms with Crippen molar-refractivity contribution in [1.29, 1.82) is 0 Å². The van der Waals surface area contributed by atoms with E-state index in [2.05, 4.69) is 30.1 Å². The number of nitrogens with zero attached hydrogens (tertiary/aromatic N) is 1. The lowest BCUT2D eigenvalue weighted by Crippen LogP contribution is -2.40. The zero-order chi connectivity index (χ0) is 14.2. The Morgan fingerprint density at radius 2 is 2.05 bits per heavy atom. The van der Waals surface area contributed by atoms with Gasteiger partial charge in [0.05, 0.1) is 19.5 Å². The van der Waals surface area contributed by atoms with Crippen molar-refractivity contribution in [3.63, 3.8) is 0 Å². The fourth-order valence-corrected chi connectivity index (χ4v) is 2.75. The van der Waals surface area contributed by atoms with Crippen LogP contribution in [-0.2, 0) is 4.74 Å². The molecule has 4 nitrogen and oxygen atoms in total. The Kier molecular flexibility index (Phi) is 6.57. The van der Waals surface area contributed by atoms with Gasteiger partial charge >= 0.3 is 0 Å². The molecule has 1 N–H and O–H groups in total. The molecule has 0 spiro atoms. The highest BCUT2D eigenvalue weighted by Gasteiger charge is 2.18. The molecule has 1 unspecified atom stereocenters. The minimum atomic E-state index is 0.515. The van der Waals surface area contributed by atoms with Crippen molar-refractivity contribution >= 4 is 0 Å². The van der Waals surface area contributed by atoms with E-state index in [0.29, 0.717) is 11.8 Å². The molecule has 1 aromatic heterocycles. The first-order valence-electron chi connectivity index (χ1n) is 7.81. The summed E-state index contributed by atoms with van der Waals surface area (Å²) in [5.41, 5.74) is 0. The number of rotatable bonds is 8. The van der Waals surface area contributed by atoms with E-state index in [-0.39, 0.29) is 0 Å². The van der Waals surface area contributed by atoms with Gasteiger partial charge in [0.1, 0.15) is 5.76 Å². The normalized spacial score (nSPS) is 18.6. The van der Waals surface area contributed by atoms with Crippen molar-refractivity contribution in [2.45, 2.75) is 26.2 Å². The van der Waals surface area contributed by atoms with Crippen molar-refractivity contribution in [2.24, 2.45) is 5.92 Å². The summed E-state index contributed by atoms with van der Waals surface area (Å²) < 4.78 is 10.9. The van der Waals surface area contributed by atoms with Gasteiger partial charge in [-0.1, -0.05) is 13.8 Å². The average molecular weight is 280 g/mol. The van der Waals surface area contributed by atoms with Gasteiger partial charge in [-0.2, -0.15) is 0 Å². The molecule has 1 aliphatic heterocycles. The minimum Gasteiger partial charge on any atom is -0.469 e. The van der Waals surface area contributed by atoms with E-state index in [1.165, 1.54) is 0 Å². The predicted octanol–water partition coefficient (Wildman–Crippen LogP) is 2.33. The van der Waals surface area contributed by atoms with Crippen molar-refractivity contribution < 1.29 is 9.15 Å². The molecular weight excluding hydrogens is 252 g/mol. The molecule has 0 radical (unpaired) electrons. The summed E-state index contributed by atoms with van der Waals surface area (Å²) in [7, 11) is 0. The van der Waals surface area contributed by atoms with Gasteiger partial charge in [0.2, 0.25) is 0 Å². The summed E-state index contributed by atoms with van der Waals surface area (Å²) in [6.45, 7) is 11.7. The van der Waals surface area contributed by atoms with Gasteiger partial charge in [0.15, 0.2) is 0 Å². The molecule has 4 heteroatoms. The molecule has 0 bridgehead atoms. The SMILES string of the molecule is CC(C)C(CCNCCN1CCOCC1)c1ccco1. The van der Waals surface area contributed by atoms with E-state index < -0.39 is 0 Å². The second kappa shape index (κ2) is 8.45. The Balaban J connectivity index is 1.61. The van der Waals surface area contributed by atoms with E-state index in [4.69, 9.17) is 9.15 Å². The molecule has 0 saturated carbocycles. The topological polar surface area (TPSA) is 37.6 Å². The van der Waals surface area contributed by atoms with Gasteiger partial charge in [0, 0.05) is 32.1 Å². The quantitative estimate of drug-likeness (QED) is 0.742. The van der Waals surface area contributed by atoms with Crippen molar-refractivity contribution in [2.75, 3.05) is 45.9 Å². The molecule has 0 aliphatic carbocycles. The van der Waals surface area contributed by atoms with Gasteiger partial charge in [-0.05, 0) is 31.0 Å². The van der Waals surface area contributed by atoms with Crippen LogP contribution < -0.4 is 5.32 Å². The van der Waals surface area contributed by atoms with E-state index >= 15 is 0 Å². The van der Waals surface area contributed by atoms with Gasteiger partial charge in [-0.25, -0.2) is 0 Å². The van der Waals surface area contributed by atoms with Crippen LogP contribution >= 0.6 is 0 Å². The van der Waals surface area contributed by atoms with Gasteiger partial charge in [0.25, 0.3) is 0 Å². The van der Waals surface area contributed by atoms with Crippen LogP contribution in [0.25, 0.3) is 0 Å². The lowest BCUT2D eigenvalue weighted by molar-refractivity contribution is 0.0384. The molecular formula is C16H28N2O2. The maximum atomic E-state index is 5.56. The third-order valence-electron chi connectivity index (χ3n) is 4.05. The molecule has 1 saturated heterocycles. The number of hydrogen-bond acceptors (Lipinski definition) is 4. The molecule has 0 aromatic carbocycles. The van der Waals surface area contributed by atoms with Crippen LogP contribution in [0, 0.1) is 5.92 Å². The largest absolute Gasteiger partial charge is 0.469 e. The fourth-order valence-electron chi connectivity index (χ4n) is 2.75. The Bertz CT molecular complexity index is 345. The summed E-state index contributed by atoms with van der Waals surface area (Å²) in [6.07, 6.45) is 2.91. The standard InChI is InChI=1S/C16H28N2O2/c1-14(2)15(16-4-3-11-20-16)5-6-17-7-8-18-9-12-19-13-10-18/h3-4,11,14-15,17H,5-10,12-13H2,1-2H3. The molecule has 114 valence electrons. The van der Waals surface area contributed by atoms with Crippen LogP contribution in [0.4, 0.5) is 0 Å². The third-order valence-corrected chi connectivity index (χ3v) is 4.05. The van der Waals surface area contributed by atoms with Crippen LogP contribution in [0.3, 0.4) is 0 Å². The Morgan fingerprint density at radius 1 is 1.25 bits per heavy atom. The van der Waals surface area contributed by atoms with E-state index in [1.54, 1.807) is 6.26 Å². The lowest BCUT2D eigenvalue weighted by atomic mass is 9.90. The third kappa shape index (κ3) is 4.93. The van der Waals surface area contributed by atoms with Crippen LogP contribution in [0.5, 0.6) is 0 Å². The fraction of sp³-hybridized carbons (Fsp3) is 0.750. The average Bonchev–Trinajstić information content (AvgIpc) is 2.97. The molecule has 20 heavy (non-hydrogen) atoms. The van der Waals surface area contributed by atoms with Crippen molar-refractivity contribution in [3.8, 4) is 0 Å². The molecule has 1 aliphatic rings. The molecule has 1 fully saturated rings. The minimum absolute atomic E-state index is 0.515. The Hall–Kier alpha value is -0.840. The molecule has 2 heterocycles. The first kappa shape index (κ1) is 15.5. The van der Waals surface area contributed by atoms with E-state index in [9.17, 15) is 0 Å². The number of furan rings is 1. The highest BCUT2D eigenvalue weighted by molar-refractivity contribution is 5.06. The van der Waals surface area contributed by atoms with Crippen molar-refractivity contribution in [3.05, 3.63) is 24.2 Å².